The average molecular weight is 163 g/mol. The van der Waals surface area contributed by atoms with Crippen molar-refractivity contribution < 1.29 is 4.74 Å². The van der Waals surface area contributed by atoms with Crippen molar-refractivity contribution in [1.29, 1.82) is 0 Å². The molecule has 2 nitrogen and oxygen atoms in total. The van der Waals surface area contributed by atoms with Crippen molar-refractivity contribution in [2.75, 3.05) is 13.1 Å². The molecule has 1 aromatic carbocycles. The molecule has 0 saturated carbocycles. The molecule has 0 aromatic heterocycles. The molecule has 0 unspecified atom stereocenters. The van der Waals surface area contributed by atoms with E-state index in [-0.39, 0.29) is 0 Å². The number of para-hydroxylation sites is 1. The van der Waals surface area contributed by atoms with Crippen LogP contribution in [0.1, 0.15) is 6.42 Å². The summed E-state index contributed by atoms with van der Waals surface area (Å²) < 4.78 is 5.71. The Bertz CT molecular complexity index is 229. The minimum Gasteiger partial charge on any atom is -0.489 e. The second-order valence-corrected chi connectivity index (χ2v) is 3.05. The Morgan fingerprint density at radius 2 is 2.08 bits per heavy atom. The van der Waals surface area contributed by atoms with E-state index in [1.807, 2.05) is 30.3 Å². The Balaban J connectivity index is 1.94. The summed E-state index contributed by atoms with van der Waals surface area (Å²) in [5.74, 6) is 0.978. The highest BCUT2D eigenvalue weighted by Crippen LogP contribution is 2.13. The standard InChI is InChI=1S/C10H13NO/c1-2-4-9(5-3-1)12-10-6-7-11-8-10/h1-5,10-11H,6-8H2/t10-/m0/s1. The van der Waals surface area contributed by atoms with Gasteiger partial charge in [0, 0.05) is 6.54 Å². The van der Waals surface area contributed by atoms with E-state index in [1.165, 1.54) is 0 Å². The van der Waals surface area contributed by atoms with Crippen molar-refractivity contribution in [2.45, 2.75) is 12.5 Å². The molecule has 12 heavy (non-hydrogen) atoms. The van der Waals surface area contributed by atoms with E-state index in [4.69, 9.17) is 4.74 Å². The monoisotopic (exact) mass is 163 g/mol. The number of hydrogen-bond acceptors (Lipinski definition) is 2. The topological polar surface area (TPSA) is 21.3 Å². The first-order valence-corrected chi connectivity index (χ1v) is 4.37. The van der Waals surface area contributed by atoms with Gasteiger partial charge in [0.25, 0.3) is 0 Å². The molecular formula is C10H13NO. The molecule has 0 bridgehead atoms. The molecule has 1 fully saturated rings. The van der Waals surface area contributed by atoms with Gasteiger partial charge in [-0.1, -0.05) is 18.2 Å². The Morgan fingerprint density at radius 1 is 1.25 bits per heavy atom. The van der Waals surface area contributed by atoms with Crippen LogP contribution in [-0.4, -0.2) is 19.2 Å². The van der Waals surface area contributed by atoms with Crippen LogP contribution in [0.5, 0.6) is 5.75 Å². The third kappa shape index (κ3) is 1.77. The van der Waals surface area contributed by atoms with Crippen molar-refractivity contribution >= 4 is 0 Å². The van der Waals surface area contributed by atoms with Gasteiger partial charge >= 0.3 is 0 Å². The number of nitrogens with one attached hydrogen (secondary N) is 1. The molecule has 1 saturated heterocycles. The molecule has 1 aromatic rings. The van der Waals surface area contributed by atoms with Crippen LogP contribution in [-0.2, 0) is 0 Å². The maximum Gasteiger partial charge on any atom is 0.119 e. The van der Waals surface area contributed by atoms with E-state index < -0.39 is 0 Å². The van der Waals surface area contributed by atoms with Crippen molar-refractivity contribution in [3.8, 4) is 5.75 Å². The lowest BCUT2D eigenvalue weighted by molar-refractivity contribution is 0.223. The molecule has 64 valence electrons. The molecule has 1 aliphatic heterocycles. The van der Waals surface area contributed by atoms with E-state index in [0.29, 0.717) is 6.10 Å². The van der Waals surface area contributed by atoms with Crippen LogP contribution in [0.2, 0.25) is 0 Å². The average Bonchev–Trinajstić information content (AvgIpc) is 2.59. The fourth-order valence-corrected chi connectivity index (χ4v) is 1.42. The quantitative estimate of drug-likeness (QED) is 0.712. The van der Waals surface area contributed by atoms with Crippen LogP contribution < -0.4 is 10.1 Å². The minimum absolute atomic E-state index is 0.368. The van der Waals surface area contributed by atoms with Gasteiger partial charge in [0.05, 0.1) is 0 Å². The largest absolute Gasteiger partial charge is 0.489 e. The number of benzene rings is 1. The zero-order valence-corrected chi connectivity index (χ0v) is 6.99. The zero-order chi connectivity index (χ0) is 8.23. The van der Waals surface area contributed by atoms with Gasteiger partial charge in [0.15, 0.2) is 0 Å². The SMILES string of the molecule is c1ccc(O[C@H]2CCNC2)cc1. The van der Waals surface area contributed by atoms with Crippen molar-refractivity contribution in [2.24, 2.45) is 0 Å². The molecule has 1 heterocycles. The summed E-state index contributed by atoms with van der Waals surface area (Å²) >= 11 is 0. The second-order valence-electron chi connectivity index (χ2n) is 3.05. The van der Waals surface area contributed by atoms with Crippen molar-refractivity contribution in [1.82, 2.24) is 5.32 Å². The van der Waals surface area contributed by atoms with Gasteiger partial charge in [-0.2, -0.15) is 0 Å². The van der Waals surface area contributed by atoms with Crippen LogP contribution in [0.25, 0.3) is 0 Å². The Hall–Kier alpha value is -1.02. The van der Waals surface area contributed by atoms with Gasteiger partial charge in [-0.3, -0.25) is 0 Å². The highest BCUT2D eigenvalue weighted by molar-refractivity contribution is 5.21. The van der Waals surface area contributed by atoms with E-state index in [1.54, 1.807) is 0 Å². The molecule has 2 heteroatoms. The maximum atomic E-state index is 5.71. The van der Waals surface area contributed by atoms with Crippen LogP contribution in [0, 0.1) is 0 Å². The van der Waals surface area contributed by atoms with Crippen LogP contribution in [0.3, 0.4) is 0 Å². The van der Waals surface area contributed by atoms with Crippen LogP contribution >= 0.6 is 0 Å². The fourth-order valence-electron chi connectivity index (χ4n) is 1.42. The lowest BCUT2D eigenvalue weighted by Gasteiger charge is -2.11. The summed E-state index contributed by atoms with van der Waals surface area (Å²) in [6.07, 6.45) is 1.49. The Kier molecular flexibility index (Phi) is 2.28. The lowest BCUT2D eigenvalue weighted by Crippen LogP contribution is -2.19. The van der Waals surface area contributed by atoms with Gasteiger partial charge in [-0.25, -0.2) is 0 Å². The summed E-state index contributed by atoms with van der Waals surface area (Å²) in [5, 5.41) is 3.27. The number of hydrogen-bond donors (Lipinski definition) is 1. The first-order valence-electron chi connectivity index (χ1n) is 4.37. The van der Waals surface area contributed by atoms with E-state index >= 15 is 0 Å². The van der Waals surface area contributed by atoms with E-state index in [9.17, 15) is 0 Å². The first-order chi connectivity index (χ1) is 5.95. The summed E-state index contributed by atoms with van der Waals surface area (Å²) in [7, 11) is 0. The summed E-state index contributed by atoms with van der Waals surface area (Å²) in [4.78, 5) is 0. The highest BCUT2D eigenvalue weighted by atomic mass is 16.5. The summed E-state index contributed by atoms with van der Waals surface area (Å²) in [6, 6.07) is 9.99. The number of rotatable bonds is 2. The van der Waals surface area contributed by atoms with Gasteiger partial charge < -0.3 is 10.1 Å². The maximum absolute atomic E-state index is 5.71. The molecule has 1 N–H and O–H groups in total. The van der Waals surface area contributed by atoms with Gasteiger partial charge in [0.2, 0.25) is 0 Å². The molecule has 0 aliphatic carbocycles. The minimum atomic E-state index is 0.368. The molecule has 0 amide bonds. The normalized spacial score (nSPS) is 22.5. The summed E-state index contributed by atoms with van der Waals surface area (Å²) in [6.45, 7) is 2.06. The Morgan fingerprint density at radius 3 is 2.75 bits per heavy atom. The van der Waals surface area contributed by atoms with Crippen molar-refractivity contribution in [3.63, 3.8) is 0 Å². The molecular weight excluding hydrogens is 150 g/mol. The van der Waals surface area contributed by atoms with Gasteiger partial charge in [0.1, 0.15) is 11.9 Å². The predicted octanol–water partition coefficient (Wildman–Crippen LogP) is 1.43. The molecule has 0 radical (unpaired) electrons. The zero-order valence-electron chi connectivity index (χ0n) is 6.99. The predicted molar refractivity (Wildman–Crippen MR) is 48.3 cm³/mol. The third-order valence-electron chi connectivity index (χ3n) is 2.06. The summed E-state index contributed by atoms with van der Waals surface area (Å²) in [5.41, 5.74) is 0. The highest BCUT2D eigenvalue weighted by Gasteiger charge is 2.15. The molecule has 1 aliphatic rings. The van der Waals surface area contributed by atoms with E-state index in [2.05, 4.69) is 5.32 Å². The fraction of sp³-hybridized carbons (Fsp3) is 0.400. The molecule has 0 spiro atoms. The van der Waals surface area contributed by atoms with Gasteiger partial charge in [-0.15, -0.1) is 0 Å². The van der Waals surface area contributed by atoms with Crippen molar-refractivity contribution in [3.05, 3.63) is 30.3 Å². The molecule has 1 atom stereocenters. The van der Waals surface area contributed by atoms with Gasteiger partial charge in [-0.05, 0) is 25.1 Å². The molecule has 2 rings (SSSR count). The number of ether oxygens (including phenoxy) is 1. The Labute approximate surface area is 72.5 Å². The van der Waals surface area contributed by atoms with E-state index in [0.717, 1.165) is 25.3 Å². The van der Waals surface area contributed by atoms with Crippen LogP contribution in [0.4, 0.5) is 0 Å². The first kappa shape index (κ1) is 7.62. The lowest BCUT2D eigenvalue weighted by atomic mass is 10.3. The van der Waals surface area contributed by atoms with Crippen LogP contribution in [0.15, 0.2) is 30.3 Å². The third-order valence-corrected chi connectivity index (χ3v) is 2.06. The second kappa shape index (κ2) is 3.59. The smallest absolute Gasteiger partial charge is 0.119 e.